The Bertz CT molecular complexity index is 348. The van der Waals surface area contributed by atoms with Crippen LogP contribution in [0, 0.1) is 5.92 Å². The highest BCUT2D eigenvalue weighted by molar-refractivity contribution is 5.67. The summed E-state index contributed by atoms with van der Waals surface area (Å²) in [6, 6.07) is 0. The second-order valence-corrected chi connectivity index (χ2v) is 4.09. The van der Waals surface area contributed by atoms with Gasteiger partial charge < -0.3 is 10.0 Å². The van der Waals surface area contributed by atoms with Gasteiger partial charge in [-0.05, 0) is 18.8 Å². The van der Waals surface area contributed by atoms with Gasteiger partial charge in [0.1, 0.15) is 5.82 Å². The Hall–Kier alpha value is -1.65. The third-order valence-corrected chi connectivity index (χ3v) is 2.95. The van der Waals surface area contributed by atoms with Gasteiger partial charge in [-0.3, -0.25) is 9.78 Å². The van der Waals surface area contributed by atoms with Gasteiger partial charge in [-0.1, -0.05) is 0 Å². The monoisotopic (exact) mass is 221 g/mol. The van der Waals surface area contributed by atoms with Crippen LogP contribution < -0.4 is 4.90 Å². The van der Waals surface area contributed by atoms with E-state index in [4.69, 9.17) is 5.11 Å². The van der Waals surface area contributed by atoms with Crippen molar-refractivity contribution in [1.82, 2.24) is 9.97 Å². The van der Waals surface area contributed by atoms with Crippen LogP contribution in [-0.4, -0.2) is 34.1 Å². The molecular weight excluding hydrogens is 206 g/mol. The second kappa shape index (κ2) is 4.92. The van der Waals surface area contributed by atoms with Crippen molar-refractivity contribution in [3.05, 3.63) is 18.6 Å². The molecule has 0 unspecified atom stereocenters. The molecule has 1 aliphatic rings. The van der Waals surface area contributed by atoms with Crippen molar-refractivity contribution in [2.45, 2.75) is 19.3 Å². The van der Waals surface area contributed by atoms with E-state index in [9.17, 15) is 4.79 Å². The maximum atomic E-state index is 10.6. The predicted octanol–water partition coefficient (Wildman–Crippen LogP) is 1.17. The van der Waals surface area contributed by atoms with E-state index in [2.05, 4.69) is 14.9 Å². The molecule has 1 saturated heterocycles. The van der Waals surface area contributed by atoms with Gasteiger partial charge in [0, 0.05) is 31.9 Å². The fraction of sp³-hybridized carbons (Fsp3) is 0.545. The summed E-state index contributed by atoms with van der Waals surface area (Å²) in [6.45, 7) is 1.74. The van der Waals surface area contributed by atoms with Crippen LogP contribution in [0.15, 0.2) is 18.6 Å². The molecule has 2 heterocycles. The summed E-state index contributed by atoms with van der Waals surface area (Å²) in [7, 11) is 0. The zero-order valence-corrected chi connectivity index (χ0v) is 9.04. The quantitative estimate of drug-likeness (QED) is 0.829. The molecule has 2 rings (SSSR count). The van der Waals surface area contributed by atoms with Crippen LogP contribution in [0.5, 0.6) is 0 Å². The number of carbonyl (C=O) groups is 1. The molecule has 0 saturated carbocycles. The molecule has 1 aromatic rings. The minimum atomic E-state index is -0.696. The maximum Gasteiger partial charge on any atom is 0.303 e. The van der Waals surface area contributed by atoms with E-state index < -0.39 is 5.97 Å². The van der Waals surface area contributed by atoms with Gasteiger partial charge in [-0.15, -0.1) is 0 Å². The van der Waals surface area contributed by atoms with Crippen LogP contribution in [0.3, 0.4) is 0 Å². The smallest absolute Gasteiger partial charge is 0.303 e. The Balaban J connectivity index is 1.88. The van der Waals surface area contributed by atoms with E-state index in [1.165, 1.54) is 0 Å². The van der Waals surface area contributed by atoms with Gasteiger partial charge in [0.15, 0.2) is 0 Å². The number of carboxylic acid groups (broad SMARTS) is 1. The Morgan fingerprint density at radius 1 is 1.44 bits per heavy atom. The zero-order chi connectivity index (χ0) is 11.4. The Morgan fingerprint density at radius 3 is 2.75 bits per heavy atom. The van der Waals surface area contributed by atoms with E-state index in [0.29, 0.717) is 5.92 Å². The molecule has 0 amide bonds. The van der Waals surface area contributed by atoms with Gasteiger partial charge in [0.2, 0.25) is 0 Å². The zero-order valence-electron chi connectivity index (χ0n) is 9.04. The molecule has 5 heteroatoms. The summed E-state index contributed by atoms with van der Waals surface area (Å²) < 4.78 is 0. The summed E-state index contributed by atoms with van der Waals surface area (Å²) in [6.07, 6.45) is 7.21. The van der Waals surface area contributed by atoms with Crippen LogP contribution in [0.4, 0.5) is 5.82 Å². The molecule has 0 spiro atoms. The fourth-order valence-electron chi connectivity index (χ4n) is 2.07. The Labute approximate surface area is 94.1 Å². The van der Waals surface area contributed by atoms with Crippen molar-refractivity contribution >= 4 is 11.8 Å². The molecule has 5 nitrogen and oxygen atoms in total. The number of anilines is 1. The number of hydrogen-bond acceptors (Lipinski definition) is 4. The van der Waals surface area contributed by atoms with Gasteiger partial charge >= 0.3 is 5.97 Å². The van der Waals surface area contributed by atoms with Crippen LogP contribution in [-0.2, 0) is 4.79 Å². The molecule has 1 aromatic heterocycles. The Morgan fingerprint density at radius 2 is 2.19 bits per heavy atom. The van der Waals surface area contributed by atoms with Crippen LogP contribution in [0.1, 0.15) is 19.3 Å². The number of hydrogen-bond donors (Lipinski definition) is 1. The molecule has 1 N–H and O–H groups in total. The lowest BCUT2D eigenvalue weighted by Gasteiger charge is -2.31. The third kappa shape index (κ3) is 2.68. The molecule has 1 aliphatic heterocycles. The van der Waals surface area contributed by atoms with Crippen LogP contribution in [0.2, 0.25) is 0 Å². The molecule has 0 bridgehead atoms. The minimum Gasteiger partial charge on any atom is -0.481 e. The molecule has 16 heavy (non-hydrogen) atoms. The first kappa shape index (κ1) is 10.9. The van der Waals surface area contributed by atoms with Crippen molar-refractivity contribution < 1.29 is 9.90 Å². The predicted molar refractivity (Wildman–Crippen MR) is 59.2 cm³/mol. The summed E-state index contributed by atoms with van der Waals surface area (Å²) >= 11 is 0. The number of nitrogens with zero attached hydrogens (tertiary/aromatic N) is 3. The molecule has 0 atom stereocenters. The minimum absolute atomic E-state index is 0.286. The van der Waals surface area contributed by atoms with Crippen LogP contribution in [0.25, 0.3) is 0 Å². The van der Waals surface area contributed by atoms with E-state index in [1.807, 2.05) is 0 Å². The van der Waals surface area contributed by atoms with Gasteiger partial charge in [0.25, 0.3) is 0 Å². The van der Waals surface area contributed by atoms with Crippen molar-refractivity contribution in [3.8, 4) is 0 Å². The summed E-state index contributed by atoms with van der Waals surface area (Å²) in [5, 5.41) is 8.71. The molecule has 0 radical (unpaired) electrons. The summed E-state index contributed by atoms with van der Waals surface area (Å²) in [5.41, 5.74) is 0. The summed E-state index contributed by atoms with van der Waals surface area (Å²) in [5.74, 6) is 0.500. The molecule has 0 aliphatic carbocycles. The largest absolute Gasteiger partial charge is 0.481 e. The highest BCUT2D eigenvalue weighted by Crippen LogP contribution is 2.23. The average Bonchev–Trinajstić information content (AvgIpc) is 2.30. The van der Waals surface area contributed by atoms with Crippen molar-refractivity contribution in [1.29, 1.82) is 0 Å². The molecule has 86 valence electrons. The number of aromatic nitrogens is 2. The first-order valence-corrected chi connectivity index (χ1v) is 5.48. The van der Waals surface area contributed by atoms with Gasteiger partial charge in [-0.2, -0.15) is 0 Å². The van der Waals surface area contributed by atoms with Crippen LogP contribution >= 0.6 is 0 Å². The van der Waals surface area contributed by atoms with E-state index in [-0.39, 0.29) is 6.42 Å². The molecular formula is C11H15N3O2. The molecule has 0 aromatic carbocycles. The fourth-order valence-corrected chi connectivity index (χ4v) is 2.07. The van der Waals surface area contributed by atoms with Gasteiger partial charge in [0.05, 0.1) is 6.20 Å². The lowest BCUT2D eigenvalue weighted by Crippen LogP contribution is -2.34. The standard InChI is InChI=1S/C11H15N3O2/c15-11(16)7-9-1-5-14(6-2-9)10-8-12-3-4-13-10/h3-4,8-9H,1-2,5-7H2,(H,15,16). The number of piperidine rings is 1. The SMILES string of the molecule is O=C(O)CC1CCN(c2cnccn2)CC1. The Kier molecular flexibility index (Phi) is 3.34. The summed E-state index contributed by atoms with van der Waals surface area (Å²) in [4.78, 5) is 21.0. The maximum absolute atomic E-state index is 10.6. The number of aliphatic carboxylic acids is 1. The van der Waals surface area contributed by atoms with Gasteiger partial charge in [-0.25, -0.2) is 4.98 Å². The van der Waals surface area contributed by atoms with Crippen molar-refractivity contribution in [2.75, 3.05) is 18.0 Å². The topological polar surface area (TPSA) is 66.3 Å². The van der Waals surface area contributed by atoms with Crippen molar-refractivity contribution in [2.24, 2.45) is 5.92 Å². The number of rotatable bonds is 3. The van der Waals surface area contributed by atoms with Crippen molar-refractivity contribution in [3.63, 3.8) is 0 Å². The number of carboxylic acids is 1. The molecule has 1 fully saturated rings. The average molecular weight is 221 g/mol. The highest BCUT2D eigenvalue weighted by Gasteiger charge is 2.21. The third-order valence-electron chi connectivity index (χ3n) is 2.95. The van der Waals surface area contributed by atoms with E-state index in [1.54, 1.807) is 18.6 Å². The first-order chi connectivity index (χ1) is 7.75. The van der Waals surface area contributed by atoms with E-state index >= 15 is 0 Å². The lowest BCUT2D eigenvalue weighted by molar-refractivity contribution is -0.138. The highest BCUT2D eigenvalue weighted by atomic mass is 16.4. The van der Waals surface area contributed by atoms with E-state index in [0.717, 1.165) is 31.7 Å². The second-order valence-electron chi connectivity index (χ2n) is 4.09. The first-order valence-electron chi connectivity index (χ1n) is 5.48. The lowest BCUT2D eigenvalue weighted by atomic mass is 9.94. The normalized spacial score (nSPS) is 17.4.